The Morgan fingerprint density at radius 2 is 1.81 bits per heavy atom. The van der Waals surface area contributed by atoms with Crippen LogP contribution >= 0.6 is 27.3 Å². The number of anilines is 2. The van der Waals surface area contributed by atoms with Crippen molar-refractivity contribution in [1.82, 2.24) is 10.3 Å². The number of nitrogens with one attached hydrogen (secondary N) is 3. The average molecular weight is 439 g/mol. The second kappa shape index (κ2) is 10.0. The van der Waals surface area contributed by atoms with Crippen molar-refractivity contribution in [3.63, 3.8) is 0 Å². The van der Waals surface area contributed by atoms with Gasteiger partial charge in [0.1, 0.15) is 0 Å². The van der Waals surface area contributed by atoms with Crippen LogP contribution in [0.15, 0.2) is 34.2 Å². The van der Waals surface area contributed by atoms with Crippen molar-refractivity contribution in [3.05, 3.63) is 39.8 Å². The van der Waals surface area contributed by atoms with Gasteiger partial charge in [-0.25, -0.2) is 4.98 Å². The molecule has 0 fully saturated rings. The molecule has 3 N–H and O–H groups in total. The fourth-order valence-corrected chi connectivity index (χ4v) is 2.95. The Labute approximate surface area is 163 Å². The van der Waals surface area contributed by atoms with Crippen molar-refractivity contribution in [3.8, 4) is 0 Å². The van der Waals surface area contributed by atoms with Gasteiger partial charge < -0.3 is 16.0 Å². The van der Waals surface area contributed by atoms with Gasteiger partial charge in [-0.1, -0.05) is 22.0 Å². The number of aryl methyl sites for hydroxylation is 1. The van der Waals surface area contributed by atoms with Crippen LogP contribution in [0.25, 0.3) is 0 Å². The lowest BCUT2D eigenvalue weighted by Gasteiger charge is -2.09. The Balaban J connectivity index is 1.63. The SMILES string of the molecule is Cc1ccc(Br)cc1NC(=O)CCNC(=O)CCC(=O)Nc1nccs1. The van der Waals surface area contributed by atoms with Crippen LogP contribution in [0, 0.1) is 6.92 Å². The lowest BCUT2D eigenvalue weighted by atomic mass is 10.2. The van der Waals surface area contributed by atoms with E-state index in [9.17, 15) is 14.4 Å². The zero-order valence-electron chi connectivity index (χ0n) is 14.2. The van der Waals surface area contributed by atoms with Crippen LogP contribution in [0.1, 0.15) is 24.8 Å². The van der Waals surface area contributed by atoms with E-state index in [0.29, 0.717) is 5.13 Å². The molecule has 0 radical (unpaired) electrons. The highest BCUT2D eigenvalue weighted by molar-refractivity contribution is 9.10. The predicted molar refractivity (Wildman–Crippen MR) is 105 cm³/mol. The van der Waals surface area contributed by atoms with E-state index in [2.05, 4.69) is 36.9 Å². The molecule has 9 heteroatoms. The third-order valence-electron chi connectivity index (χ3n) is 3.41. The van der Waals surface area contributed by atoms with E-state index in [0.717, 1.165) is 15.7 Å². The summed E-state index contributed by atoms with van der Waals surface area (Å²) in [4.78, 5) is 39.3. The normalized spacial score (nSPS) is 10.2. The summed E-state index contributed by atoms with van der Waals surface area (Å²) in [5.41, 5.74) is 1.69. The Morgan fingerprint density at radius 3 is 2.54 bits per heavy atom. The van der Waals surface area contributed by atoms with Gasteiger partial charge in [-0.2, -0.15) is 0 Å². The molecule has 0 aliphatic heterocycles. The first-order valence-electron chi connectivity index (χ1n) is 7.96. The van der Waals surface area contributed by atoms with Crippen molar-refractivity contribution in [2.24, 2.45) is 0 Å². The number of nitrogens with zero attached hydrogens (tertiary/aromatic N) is 1. The molecular formula is C17H19BrN4O3S. The number of amides is 3. The highest BCUT2D eigenvalue weighted by Gasteiger charge is 2.10. The van der Waals surface area contributed by atoms with Gasteiger partial charge in [0.05, 0.1) is 0 Å². The van der Waals surface area contributed by atoms with Gasteiger partial charge in [0.15, 0.2) is 5.13 Å². The summed E-state index contributed by atoms with van der Waals surface area (Å²) >= 11 is 4.68. The van der Waals surface area contributed by atoms with Crippen molar-refractivity contribution in [2.45, 2.75) is 26.2 Å². The number of benzene rings is 1. The average Bonchev–Trinajstić information content (AvgIpc) is 3.09. The van der Waals surface area contributed by atoms with E-state index in [1.54, 1.807) is 11.6 Å². The Bertz CT molecular complexity index is 780. The Hall–Kier alpha value is -2.26. The van der Waals surface area contributed by atoms with Crippen LogP contribution in [-0.2, 0) is 14.4 Å². The third-order valence-corrected chi connectivity index (χ3v) is 4.59. The quantitative estimate of drug-likeness (QED) is 0.589. The second-order valence-electron chi connectivity index (χ2n) is 5.49. The minimum atomic E-state index is -0.272. The highest BCUT2D eigenvalue weighted by Crippen LogP contribution is 2.20. The zero-order valence-corrected chi connectivity index (χ0v) is 16.6. The summed E-state index contributed by atoms with van der Waals surface area (Å²) in [7, 11) is 0. The Morgan fingerprint density at radius 1 is 1.08 bits per heavy atom. The second-order valence-corrected chi connectivity index (χ2v) is 7.30. The van der Waals surface area contributed by atoms with Gasteiger partial charge in [0, 0.05) is 47.5 Å². The summed E-state index contributed by atoms with van der Waals surface area (Å²) in [6, 6.07) is 5.63. The van der Waals surface area contributed by atoms with Crippen molar-refractivity contribution in [2.75, 3.05) is 17.2 Å². The van der Waals surface area contributed by atoms with E-state index in [1.807, 2.05) is 25.1 Å². The fraction of sp³-hybridized carbons (Fsp3) is 0.294. The van der Waals surface area contributed by atoms with Gasteiger partial charge in [-0.05, 0) is 24.6 Å². The molecule has 0 aliphatic carbocycles. The largest absolute Gasteiger partial charge is 0.356 e. The molecular weight excluding hydrogens is 420 g/mol. The van der Waals surface area contributed by atoms with E-state index in [4.69, 9.17) is 0 Å². The molecule has 2 rings (SSSR count). The molecule has 7 nitrogen and oxygen atoms in total. The van der Waals surface area contributed by atoms with Crippen LogP contribution in [-0.4, -0.2) is 29.3 Å². The number of rotatable bonds is 8. The molecule has 1 aromatic heterocycles. The lowest BCUT2D eigenvalue weighted by Crippen LogP contribution is -2.28. The molecule has 2 aromatic rings. The Kier molecular flexibility index (Phi) is 7.73. The smallest absolute Gasteiger partial charge is 0.226 e. The molecule has 0 atom stereocenters. The van der Waals surface area contributed by atoms with Crippen LogP contribution < -0.4 is 16.0 Å². The van der Waals surface area contributed by atoms with E-state index in [-0.39, 0.29) is 43.5 Å². The molecule has 0 saturated carbocycles. The molecule has 26 heavy (non-hydrogen) atoms. The maximum absolute atomic E-state index is 12.0. The summed E-state index contributed by atoms with van der Waals surface area (Å²) in [5.74, 6) is -0.725. The maximum Gasteiger partial charge on any atom is 0.226 e. The lowest BCUT2D eigenvalue weighted by molar-refractivity contribution is -0.124. The third kappa shape index (κ3) is 6.93. The molecule has 0 unspecified atom stereocenters. The minimum Gasteiger partial charge on any atom is -0.356 e. The fourth-order valence-electron chi connectivity index (χ4n) is 2.04. The zero-order chi connectivity index (χ0) is 18.9. The van der Waals surface area contributed by atoms with E-state index in [1.165, 1.54) is 11.3 Å². The van der Waals surface area contributed by atoms with Crippen molar-refractivity contribution < 1.29 is 14.4 Å². The number of halogens is 1. The number of hydrogen-bond donors (Lipinski definition) is 3. The van der Waals surface area contributed by atoms with Gasteiger partial charge in [0.25, 0.3) is 0 Å². The van der Waals surface area contributed by atoms with Crippen LogP contribution in [0.5, 0.6) is 0 Å². The van der Waals surface area contributed by atoms with Crippen LogP contribution in [0.4, 0.5) is 10.8 Å². The molecule has 138 valence electrons. The van der Waals surface area contributed by atoms with E-state index >= 15 is 0 Å². The highest BCUT2D eigenvalue weighted by atomic mass is 79.9. The summed E-state index contributed by atoms with van der Waals surface area (Å²) in [6.45, 7) is 2.12. The summed E-state index contributed by atoms with van der Waals surface area (Å²) in [6.07, 6.45) is 1.87. The first-order valence-corrected chi connectivity index (χ1v) is 9.63. The molecule has 3 amide bonds. The maximum atomic E-state index is 12.0. The monoisotopic (exact) mass is 438 g/mol. The molecule has 0 spiro atoms. The first kappa shape index (κ1) is 20.1. The van der Waals surface area contributed by atoms with Gasteiger partial charge in [0.2, 0.25) is 17.7 Å². The molecule has 0 saturated heterocycles. The van der Waals surface area contributed by atoms with Gasteiger partial charge in [-0.15, -0.1) is 11.3 Å². The van der Waals surface area contributed by atoms with Gasteiger partial charge >= 0.3 is 0 Å². The first-order chi connectivity index (χ1) is 12.4. The number of carbonyl (C=O) groups excluding carboxylic acids is 3. The number of thiazole rings is 1. The topological polar surface area (TPSA) is 100 Å². The van der Waals surface area contributed by atoms with Gasteiger partial charge in [-0.3, -0.25) is 14.4 Å². The standard InChI is InChI=1S/C17H19BrN4O3S/c1-11-2-3-12(18)10-13(11)21-16(25)6-7-19-14(23)4-5-15(24)22-17-20-8-9-26-17/h2-3,8-10H,4-7H2,1H3,(H,19,23)(H,21,25)(H,20,22,24). The van der Waals surface area contributed by atoms with Crippen LogP contribution in [0.3, 0.4) is 0 Å². The van der Waals surface area contributed by atoms with E-state index < -0.39 is 0 Å². The summed E-state index contributed by atoms with van der Waals surface area (Å²) < 4.78 is 0.878. The number of carbonyl (C=O) groups is 3. The van der Waals surface area contributed by atoms with Crippen molar-refractivity contribution >= 4 is 55.8 Å². The molecule has 1 heterocycles. The molecule has 1 aromatic carbocycles. The van der Waals surface area contributed by atoms with Crippen molar-refractivity contribution in [1.29, 1.82) is 0 Å². The molecule has 0 bridgehead atoms. The number of hydrogen-bond acceptors (Lipinski definition) is 5. The van der Waals surface area contributed by atoms with Crippen LogP contribution in [0.2, 0.25) is 0 Å². The summed E-state index contributed by atoms with van der Waals surface area (Å²) in [5, 5.41) is 10.3. The number of aromatic nitrogens is 1. The molecule has 0 aliphatic rings. The predicted octanol–water partition coefficient (Wildman–Crippen LogP) is 3.08. The minimum absolute atomic E-state index is 0.0591.